The van der Waals surface area contributed by atoms with Gasteiger partial charge >= 0.3 is 6.18 Å². The number of hydrogen-bond acceptors (Lipinski definition) is 4. The Morgan fingerprint density at radius 3 is 2.72 bits per heavy atom. The molecule has 0 aliphatic heterocycles. The number of nitrogens with zero attached hydrogens (tertiary/aromatic N) is 2. The summed E-state index contributed by atoms with van der Waals surface area (Å²) in [5, 5.41) is 0. The fourth-order valence-electron chi connectivity index (χ4n) is 1.69. The number of nitrogen functional groups attached to an aromatic ring is 1. The van der Waals surface area contributed by atoms with Crippen LogP contribution in [-0.2, 0) is 6.54 Å². The standard InChI is InChI=1S/C11H17F3N4/c1-2-5-18(8-11(12,13)14)7-9-3-4-16-10(6-9)17-15/h3-4,6H,2,5,7-8,15H2,1H3,(H,16,17). The van der Waals surface area contributed by atoms with Crippen LogP contribution in [0.15, 0.2) is 18.3 Å². The third-order valence-electron chi connectivity index (χ3n) is 2.32. The van der Waals surface area contributed by atoms with Gasteiger partial charge in [0.05, 0.1) is 6.54 Å². The van der Waals surface area contributed by atoms with E-state index in [1.54, 1.807) is 12.1 Å². The van der Waals surface area contributed by atoms with Gasteiger partial charge in [0, 0.05) is 12.7 Å². The SMILES string of the molecule is CCCN(Cc1ccnc(NN)c1)CC(F)(F)F. The molecule has 0 bridgehead atoms. The van der Waals surface area contributed by atoms with Gasteiger partial charge in [-0.05, 0) is 30.7 Å². The predicted molar refractivity (Wildman–Crippen MR) is 63.7 cm³/mol. The fraction of sp³-hybridized carbons (Fsp3) is 0.545. The Labute approximate surface area is 104 Å². The number of pyridine rings is 1. The third kappa shape index (κ3) is 5.33. The van der Waals surface area contributed by atoms with Crippen molar-refractivity contribution < 1.29 is 13.2 Å². The lowest BCUT2D eigenvalue weighted by molar-refractivity contribution is -0.147. The number of halogens is 3. The van der Waals surface area contributed by atoms with Crippen LogP contribution in [0.25, 0.3) is 0 Å². The molecule has 0 amide bonds. The fourth-order valence-corrected chi connectivity index (χ4v) is 1.69. The molecule has 3 N–H and O–H groups in total. The van der Waals surface area contributed by atoms with Crippen LogP contribution < -0.4 is 11.3 Å². The van der Waals surface area contributed by atoms with Crippen molar-refractivity contribution in [3.05, 3.63) is 23.9 Å². The molecule has 0 aromatic carbocycles. The molecule has 0 unspecified atom stereocenters. The number of hydrazine groups is 1. The highest BCUT2D eigenvalue weighted by Gasteiger charge is 2.30. The molecule has 1 aromatic heterocycles. The number of nitrogens with one attached hydrogen (secondary N) is 1. The number of alkyl halides is 3. The Morgan fingerprint density at radius 1 is 1.44 bits per heavy atom. The van der Waals surface area contributed by atoms with Crippen LogP contribution in [0, 0.1) is 0 Å². The summed E-state index contributed by atoms with van der Waals surface area (Å²) < 4.78 is 37.2. The Kier molecular flexibility index (Phi) is 5.36. The summed E-state index contributed by atoms with van der Waals surface area (Å²) in [4.78, 5) is 5.27. The summed E-state index contributed by atoms with van der Waals surface area (Å²) >= 11 is 0. The van der Waals surface area contributed by atoms with E-state index in [9.17, 15) is 13.2 Å². The maximum absolute atomic E-state index is 12.4. The summed E-state index contributed by atoms with van der Waals surface area (Å²) in [7, 11) is 0. The second-order valence-corrected chi connectivity index (χ2v) is 4.02. The first-order valence-electron chi connectivity index (χ1n) is 5.65. The summed E-state index contributed by atoms with van der Waals surface area (Å²) in [6.45, 7) is 1.56. The lowest BCUT2D eigenvalue weighted by Gasteiger charge is -2.23. The van der Waals surface area contributed by atoms with Crippen molar-refractivity contribution in [1.29, 1.82) is 0 Å². The summed E-state index contributed by atoms with van der Waals surface area (Å²) in [6, 6.07) is 3.32. The second-order valence-electron chi connectivity index (χ2n) is 4.02. The number of aromatic nitrogens is 1. The van der Waals surface area contributed by atoms with Crippen molar-refractivity contribution in [2.45, 2.75) is 26.1 Å². The van der Waals surface area contributed by atoms with Crippen molar-refractivity contribution >= 4 is 5.82 Å². The van der Waals surface area contributed by atoms with Crippen molar-refractivity contribution in [2.24, 2.45) is 5.84 Å². The highest BCUT2D eigenvalue weighted by molar-refractivity contribution is 5.35. The number of hydrogen-bond donors (Lipinski definition) is 2. The molecule has 0 radical (unpaired) electrons. The molecule has 0 saturated heterocycles. The Morgan fingerprint density at radius 2 is 2.17 bits per heavy atom. The lowest BCUT2D eigenvalue weighted by atomic mass is 10.2. The number of rotatable bonds is 6. The van der Waals surface area contributed by atoms with Gasteiger partial charge in [0.1, 0.15) is 5.82 Å². The van der Waals surface area contributed by atoms with Crippen LogP contribution in [0.1, 0.15) is 18.9 Å². The zero-order valence-corrected chi connectivity index (χ0v) is 10.2. The first-order valence-corrected chi connectivity index (χ1v) is 5.65. The van der Waals surface area contributed by atoms with E-state index in [0.29, 0.717) is 18.8 Å². The van der Waals surface area contributed by atoms with Gasteiger partial charge in [-0.25, -0.2) is 10.8 Å². The third-order valence-corrected chi connectivity index (χ3v) is 2.32. The molecule has 18 heavy (non-hydrogen) atoms. The maximum atomic E-state index is 12.4. The first kappa shape index (κ1) is 14.7. The van der Waals surface area contributed by atoms with Gasteiger partial charge in [-0.15, -0.1) is 0 Å². The van der Waals surface area contributed by atoms with Gasteiger partial charge in [-0.3, -0.25) is 4.90 Å². The average molecular weight is 262 g/mol. The molecule has 0 saturated carbocycles. The highest BCUT2D eigenvalue weighted by Crippen LogP contribution is 2.18. The highest BCUT2D eigenvalue weighted by atomic mass is 19.4. The summed E-state index contributed by atoms with van der Waals surface area (Å²) in [6.07, 6.45) is -2.00. The molecule has 7 heteroatoms. The zero-order chi connectivity index (χ0) is 13.6. The summed E-state index contributed by atoms with van der Waals surface area (Å²) in [5.41, 5.74) is 3.11. The maximum Gasteiger partial charge on any atom is 0.401 e. The lowest BCUT2D eigenvalue weighted by Crippen LogP contribution is -2.34. The van der Waals surface area contributed by atoms with Crippen molar-refractivity contribution in [1.82, 2.24) is 9.88 Å². The molecular formula is C11H17F3N4. The van der Waals surface area contributed by atoms with Crippen molar-refractivity contribution in [3.8, 4) is 0 Å². The minimum atomic E-state index is -4.18. The zero-order valence-electron chi connectivity index (χ0n) is 10.2. The Bertz CT molecular complexity index is 368. The van der Waals surface area contributed by atoms with Crippen LogP contribution in [0.3, 0.4) is 0 Å². The molecule has 1 aromatic rings. The molecule has 4 nitrogen and oxygen atoms in total. The van der Waals surface area contributed by atoms with Gasteiger partial charge in [0.25, 0.3) is 0 Å². The minimum absolute atomic E-state index is 0.227. The van der Waals surface area contributed by atoms with E-state index in [4.69, 9.17) is 5.84 Å². The predicted octanol–water partition coefficient (Wildman–Crippen LogP) is 2.14. The van der Waals surface area contributed by atoms with E-state index in [2.05, 4.69) is 10.4 Å². The molecule has 102 valence electrons. The van der Waals surface area contributed by atoms with E-state index in [1.807, 2.05) is 6.92 Å². The van der Waals surface area contributed by atoms with Crippen LogP contribution in [0.2, 0.25) is 0 Å². The topological polar surface area (TPSA) is 54.2 Å². The van der Waals surface area contributed by atoms with Crippen LogP contribution in [0.5, 0.6) is 0 Å². The van der Waals surface area contributed by atoms with E-state index in [-0.39, 0.29) is 6.54 Å². The van der Waals surface area contributed by atoms with E-state index < -0.39 is 12.7 Å². The molecule has 0 aliphatic carbocycles. The average Bonchev–Trinajstić information content (AvgIpc) is 2.27. The number of anilines is 1. The monoisotopic (exact) mass is 262 g/mol. The van der Waals surface area contributed by atoms with Gasteiger partial charge < -0.3 is 5.43 Å². The van der Waals surface area contributed by atoms with Gasteiger partial charge in [0.2, 0.25) is 0 Å². The normalized spacial score (nSPS) is 11.9. The van der Waals surface area contributed by atoms with E-state index >= 15 is 0 Å². The first-order chi connectivity index (χ1) is 8.44. The molecule has 1 heterocycles. The van der Waals surface area contributed by atoms with Crippen LogP contribution in [-0.4, -0.2) is 29.1 Å². The van der Waals surface area contributed by atoms with Crippen molar-refractivity contribution in [2.75, 3.05) is 18.5 Å². The van der Waals surface area contributed by atoms with E-state index in [1.165, 1.54) is 11.1 Å². The quantitative estimate of drug-likeness (QED) is 0.609. The molecular weight excluding hydrogens is 245 g/mol. The van der Waals surface area contributed by atoms with Gasteiger partial charge in [-0.1, -0.05) is 6.92 Å². The number of nitrogens with two attached hydrogens (primary N) is 1. The second kappa shape index (κ2) is 6.55. The van der Waals surface area contributed by atoms with Gasteiger partial charge in [0.15, 0.2) is 0 Å². The smallest absolute Gasteiger partial charge is 0.308 e. The van der Waals surface area contributed by atoms with E-state index in [0.717, 1.165) is 5.56 Å². The summed E-state index contributed by atoms with van der Waals surface area (Å²) in [5.74, 6) is 5.64. The molecule has 0 aliphatic rings. The largest absolute Gasteiger partial charge is 0.401 e. The molecule has 0 fully saturated rings. The van der Waals surface area contributed by atoms with Crippen LogP contribution in [0.4, 0.5) is 19.0 Å². The van der Waals surface area contributed by atoms with Gasteiger partial charge in [-0.2, -0.15) is 13.2 Å². The molecule has 0 atom stereocenters. The molecule has 0 spiro atoms. The Balaban J connectivity index is 2.69. The van der Waals surface area contributed by atoms with Crippen molar-refractivity contribution in [3.63, 3.8) is 0 Å². The molecule has 1 rings (SSSR count). The Hall–Kier alpha value is -1.34. The van der Waals surface area contributed by atoms with Crippen LogP contribution >= 0.6 is 0 Å². The minimum Gasteiger partial charge on any atom is -0.308 e.